The van der Waals surface area contributed by atoms with Gasteiger partial charge in [-0.1, -0.05) is 0 Å². The number of nitrogens with zero attached hydrogens (tertiary/aromatic N) is 3. The summed E-state index contributed by atoms with van der Waals surface area (Å²) in [6, 6.07) is 8.54. The average molecular weight is 306 g/mol. The van der Waals surface area contributed by atoms with Crippen LogP contribution < -0.4 is 5.32 Å². The maximum absolute atomic E-state index is 12.4. The first-order chi connectivity index (χ1) is 11.2. The lowest BCUT2D eigenvalue weighted by molar-refractivity contribution is 0.104. The summed E-state index contributed by atoms with van der Waals surface area (Å²) < 4.78 is 0. The Labute approximate surface area is 132 Å². The number of hydrogen-bond acceptors (Lipinski definition) is 6. The van der Waals surface area contributed by atoms with E-state index in [1.807, 2.05) is 4.90 Å². The van der Waals surface area contributed by atoms with Crippen molar-refractivity contribution in [2.75, 3.05) is 18.4 Å². The van der Waals surface area contributed by atoms with Crippen molar-refractivity contribution in [3.8, 4) is 5.75 Å². The Bertz CT molecular complexity index is 843. The topological polar surface area (TPSA) is 77.8 Å². The molecule has 0 saturated carbocycles. The normalized spacial score (nSPS) is 17.3. The van der Waals surface area contributed by atoms with Gasteiger partial charge in [0.05, 0.1) is 12.2 Å². The number of carbonyl (C=O) groups excluding carboxylic acids is 1. The van der Waals surface area contributed by atoms with Crippen LogP contribution in [0.15, 0.2) is 59.6 Å². The highest BCUT2D eigenvalue weighted by atomic mass is 16.3. The van der Waals surface area contributed by atoms with Crippen molar-refractivity contribution in [1.29, 1.82) is 0 Å². The molecule has 0 bridgehead atoms. The van der Waals surface area contributed by atoms with Crippen molar-refractivity contribution in [3.63, 3.8) is 0 Å². The van der Waals surface area contributed by atoms with Gasteiger partial charge in [-0.3, -0.25) is 14.8 Å². The van der Waals surface area contributed by atoms with Crippen LogP contribution >= 0.6 is 0 Å². The Morgan fingerprint density at radius 2 is 2.26 bits per heavy atom. The number of ketones is 1. The summed E-state index contributed by atoms with van der Waals surface area (Å²) in [5, 5.41) is 12.9. The third-order valence-electron chi connectivity index (χ3n) is 3.85. The van der Waals surface area contributed by atoms with Gasteiger partial charge >= 0.3 is 0 Å². The number of phenols is 1. The molecule has 2 aliphatic heterocycles. The number of benzene rings is 1. The van der Waals surface area contributed by atoms with Gasteiger partial charge in [-0.25, -0.2) is 0 Å². The second kappa shape index (κ2) is 5.24. The first kappa shape index (κ1) is 13.5. The van der Waals surface area contributed by atoms with Crippen LogP contribution in [0.4, 0.5) is 5.69 Å². The molecular formula is C17H14N4O2. The van der Waals surface area contributed by atoms with Crippen molar-refractivity contribution < 1.29 is 9.90 Å². The Morgan fingerprint density at radius 1 is 1.35 bits per heavy atom. The van der Waals surface area contributed by atoms with Crippen LogP contribution in [0.1, 0.15) is 15.9 Å². The summed E-state index contributed by atoms with van der Waals surface area (Å²) >= 11 is 0. The molecular weight excluding hydrogens is 292 g/mol. The molecule has 0 saturated heterocycles. The molecule has 0 radical (unpaired) electrons. The zero-order valence-corrected chi connectivity index (χ0v) is 12.2. The Kier molecular flexibility index (Phi) is 3.08. The van der Waals surface area contributed by atoms with E-state index in [4.69, 9.17) is 0 Å². The zero-order valence-electron chi connectivity index (χ0n) is 12.2. The Hall–Kier alpha value is -3.15. The zero-order chi connectivity index (χ0) is 15.8. The van der Waals surface area contributed by atoms with Crippen molar-refractivity contribution in [3.05, 3.63) is 65.7 Å². The fraction of sp³-hybridized carbons (Fsp3) is 0.118. The van der Waals surface area contributed by atoms with Gasteiger partial charge < -0.3 is 15.3 Å². The lowest BCUT2D eigenvalue weighted by Gasteiger charge is -2.31. The highest BCUT2D eigenvalue weighted by Gasteiger charge is 2.30. The molecule has 0 atom stereocenters. The molecule has 0 spiro atoms. The number of nitrogens with one attached hydrogen (secondary N) is 1. The highest BCUT2D eigenvalue weighted by molar-refractivity contribution is 6.10. The van der Waals surface area contributed by atoms with E-state index in [2.05, 4.69) is 15.3 Å². The minimum absolute atomic E-state index is 0.117. The monoisotopic (exact) mass is 306 g/mol. The molecule has 2 aromatic rings. The van der Waals surface area contributed by atoms with Crippen molar-refractivity contribution >= 4 is 17.3 Å². The van der Waals surface area contributed by atoms with E-state index in [1.165, 1.54) is 0 Å². The molecule has 1 aromatic heterocycles. The van der Waals surface area contributed by atoms with Gasteiger partial charge in [-0.05, 0) is 30.3 Å². The molecule has 23 heavy (non-hydrogen) atoms. The van der Waals surface area contributed by atoms with E-state index >= 15 is 0 Å². The van der Waals surface area contributed by atoms with Crippen LogP contribution in [0, 0.1) is 0 Å². The van der Waals surface area contributed by atoms with Crippen LogP contribution in [-0.2, 0) is 0 Å². The fourth-order valence-electron chi connectivity index (χ4n) is 2.77. The Morgan fingerprint density at radius 3 is 3.09 bits per heavy atom. The summed E-state index contributed by atoms with van der Waals surface area (Å²) in [6.07, 6.45) is 4.75. The second-order valence-corrected chi connectivity index (χ2v) is 5.35. The van der Waals surface area contributed by atoms with Gasteiger partial charge in [-0.2, -0.15) is 0 Å². The maximum Gasteiger partial charge on any atom is 0.191 e. The summed E-state index contributed by atoms with van der Waals surface area (Å²) in [5.41, 5.74) is 2.20. The molecule has 6 heteroatoms. The first-order valence-corrected chi connectivity index (χ1v) is 7.31. The summed E-state index contributed by atoms with van der Waals surface area (Å²) in [5.74, 6) is 1.54. The fourth-order valence-corrected chi connectivity index (χ4v) is 2.77. The van der Waals surface area contributed by atoms with Gasteiger partial charge in [0.15, 0.2) is 5.78 Å². The standard InChI is InChI=1S/C17H14N4O2/c22-12-3-4-14-13(8-12)17-19-6-7-21(17)16(20-14)9-15(23)11-2-1-5-18-10-11/h1-5,8-10,20,22H,6-7H2. The molecule has 0 amide bonds. The van der Waals surface area contributed by atoms with Crippen LogP contribution in [0.5, 0.6) is 5.75 Å². The summed E-state index contributed by atoms with van der Waals surface area (Å²) in [6.45, 7) is 1.36. The van der Waals surface area contributed by atoms with Gasteiger partial charge in [0, 0.05) is 36.1 Å². The number of aliphatic imine (C=N–C) groups is 1. The summed E-state index contributed by atoms with van der Waals surface area (Å²) in [7, 11) is 0. The molecule has 2 aliphatic rings. The quantitative estimate of drug-likeness (QED) is 0.504. The van der Waals surface area contributed by atoms with E-state index in [0.717, 1.165) is 17.1 Å². The van der Waals surface area contributed by atoms with Crippen LogP contribution in [0.3, 0.4) is 0 Å². The predicted molar refractivity (Wildman–Crippen MR) is 86.5 cm³/mol. The predicted octanol–water partition coefficient (Wildman–Crippen LogP) is 2.00. The van der Waals surface area contributed by atoms with Gasteiger partial charge in [0.2, 0.25) is 0 Å². The van der Waals surface area contributed by atoms with Crippen molar-refractivity contribution in [2.45, 2.75) is 0 Å². The van der Waals surface area contributed by atoms with E-state index in [9.17, 15) is 9.90 Å². The van der Waals surface area contributed by atoms with E-state index in [0.29, 0.717) is 24.5 Å². The van der Waals surface area contributed by atoms with Crippen LogP contribution in [0.2, 0.25) is 0 Å². The molecule has 114 valence electrons. The number of carbonyl (C=O) groups is 1. The number of anilines is 1. The minimum Gasteiger partial charge on any atom is -0.508 e. The van der Waals surface area contributed by atoms with Gasteiger partial charge in [0.25, 0.3) is 0 Å². The first-order valence-electron chi connectivity index (χ1n) is 7.31. The summed E-state index contributed by atoms with van der Waals surface area (Å²) in [4.78, 5) is 22.8. The Balaban J connectivity index is 1.74. The number of fused-ring (bicyclic) bond motifs is 3. The molecule has 3 heterocycles. The highest BCUT2D eigenvalue weighted by Crippen LogP contribution is 2.32. The number of rotatable bonds is 2. The number of phenolic OH excluding ortho intramolecular Hbond substituents is 1. The molecule has 0 fully saturated rings. The molecule has 6 nitrogen and oxygen atoms in total. The van der Waals surface area contributed by atoms with Crippen LogP contribution in [0.25, 0.3) is 0 Å². The second-order valence-electron chi connectivity index (χ2n) is 5.35. The maximum atomic E-state index is 12.4. The van der Waals surface area contributed by atoms with E-state index < -0.39 is 0 Å². The number of aromatic nitrogens is 1. The molecule has 1 aromatic carbocycles. The third kappa shape index (κ3) is 2.34. The van der Waals surface area contributed by atoms with Gasteiger partial charge in [-0.15, -0.1) is 0 Å². The average Bonchev–Trinajstić information content (AvgIpc) is 3.06. The lowest BCUT2D eigenvalue weighted by atomic mass is 10.1. The number of aromatic hydroxyl groups is 1. The number of pyridine rings is 1. The molecule has 4 rings (SSSR count). The molecule has 0 unspecified atom stereocenters. The number of amidine groups is 1. The van der Waals surface area contributed by atoms with E-state index in [1.54, 1.807) is 48.8 Å². The van der Waals surface area contributed by atoms with Crippen molar-refractivity contribution in [1.82, 2.24) is 9.88 Å². The number of hydrogen-bond donors (Lipinski definition) is 2. The lowest BCUT2D eigenvalue weighted by Crippen LogP contribution is -2.36. The number of allylic oxidation sites excluding steroid dienone is 1. The SMILES string of the molecule is O=C(C=C1Nc2ccc(O)cc2C2=NCCN12)c1cccnc1. The van der Waals surface area contributed by atoms with Crippen LogP contribution in [-0.4, -0.2) is 39.7 Å². The van der Waals surface area contributed by atoms with Gasteiger partial charge in [0.1, 0.15) is 17.4 Å². The largest absolute Gasteiger partial charge is 0.508 e. The molecule has 2 N–H and O–H groups in total. The third-order valence-corrected chi connectivity index (χ3v) is 3.85. The van der Waals surface area contributed by atoms with E-state index in [-0.39, 0.29) is 11.5 Å². The smallest absolute Gasteiger partial charge is 0.191 e. The minimum atomic E-state index is -0.117. The van der Waals surface area contributed by atoms with Crippen molar-refractivity contribution in [2.24, 2.45) is 4.99 Å². The molecule has 0 aliphatic carbocycles.